The van der Waals surface area contributed by atoms with Crippen LogP contribution in [-0.2, 0) is 4.79 Å². The molecule has 1 aromatic heterocycles. The third kappa shape index (κ3) is 5.26. The van der Waals surface area contributed by atoms with E-state index in [4.69, 9.17) is 9.26 Å². The molecule has 4 rings (SSSR count). The third-order valence-corrected chi connectivity index (χ3v) is 5.76. The van der Waals surface area contributed by atoms with Gasteiger partial charge in [-0.1, -0.05) is 5.16 Å². The first-order valence-electron chi connectivity index (χ1n) is 10.8. The highest BCUT2D eigenvalue weighted by molar-refractivity contribution is 5.92. The standard InChI is InChI=1S/C24H29N5O3/c1-28(2)20-8-6-19(7-9-20)25-22(30)16-29-14-12-18(13-15-29)24-26-23(27-32-24)17-4-10-21(31-3)11-5-17/h4-11,18H,12-16H2,1-3H3,(H,25,30). The SMILES string of the molecule is COc1ccc(-c2noc(C3CCN(CC(=O)Nc4ccc(N(C)C)cc4)CC3)n2)cc1. The van der Waals surface area contributed by atoms with Gasteiger partial charge >= 0.3 is 0 Å². The van der Waals surface area contributed by atoms with Gasteiger partial charge in [0.2, 0.25) is 17.6 Å². The van der Waals surface area contributed by atoms with E-state index in [0.717, 1.165) is 48.6 Å². The van der Waals surface area contributed by atoms with Gasteiger partial charge in [0, 0.05) is 37.0 Å². The summed E-state index contributed by atoms with van der Waals surface area (Å²) in [6.45, 7) is 2.01. The van der Waals surface area contributed by atoms with Crippen LogP contribution in [0.15, 0.2) is 53.1 Å². The van der Waals surface area contributed by atoms with Crippen molar-refractivity contribution >= 4 is 17.3 Å². The first kappa shape index (κ1) is 21.8. The van der Waals surface area contributed by atoms with Crippen molar-refractivity contribution in [3.8, 4) is 17.1 Å². The predicted molar refractivity (Wildman–Crippen MR) is 124 cm³/mol. The van der Waals surface area contributed by atoms with Crippen molar-refractivity contribution in [3.63, 3.8) is 0 Å². The van der Waals surface area contributed by atoms with Gasteiger partial charge in [0.25, 0.3) is 0 Å². The van der Waals surface area contributed by atoms with Crippen LogP contribution in [0, 0.1) is 0 Å². The Bertz CT molecular complexity index is 1020. The number of carbonyl (C=O) groups excluding carboxylic acids is 1. The van der Waals surface area contributed by atoms with Crippen molar-refractivity contribution in [2.75, 3.05) is 51.1 Å². The minimum Gasteiger partial charge on any atom is -0.497 e. The number of methoxy groups -OCH3 is 1. The lowest BCUT2D eigenvalue weighted by molar-refractivity contribution is -0.117. The smallest absolute Gasteiger partial charge is 0.238 e. The van der Waals surface area contributed by atoms with Crippen LogP contribution >= 0.6 is 0 Å². The number of nitrogens with zero attached hydrogens (tertiary/aromatic N) is 4. The Morgan fingerprint density at radius 3 is 2.44 bits per heavy atom. The zero-order valence-electron chi connectivity index (χ0n) is 18.7. The van der Waals surface area contributed by atoms with Crippen molar-refractivity contribution in [1.29, 1.82) is 0 Å². The largest absolute Gasteiger partial charge is 0.497 e. The minimum absolute atomic E-state index is 0.000588. The normalized spacial score (nSPS) is 14.8. The quantitative estimate of drug-likeness (QED) is 0.607. The monoisotopic (exact) mass is 435 g/mol. The molecule has 32 heavy (non-hydrogen) atoms. The van der Waals surface area contributed by atoms with Gasteiger partial charge in [-0.15, -0.1) is 0 Å². The average Bonchev–Trinajstić information content (AvgIpc) is 3.30. The van der Waals surface area contributed by atoms with Gasteiger partial charge < -0.3 is 19.5 Å². The number of aromatic nitrogens is 2. The van der Waals surface area contributed by atoms with Gasteiger partial charge in [0.05, 0.1) is 13.7 Å². The summed E-state index contributed by atoms with van der Waals surface area (Å²) in [6, 6.07) is 15.4. The molecule has 2 aromatic carbocycles. The summed E-state index contributed by atoms with van der Waals surface area (Å²) in [5.74, 6) is 2.26. The molecule has 0 atom stereocenters. The highest BCUT2D eigenvalue weighted by atomic mass is 16.5. The summed E-state index contributed by atoms with van der Waals surface area (Å²) in [5.41, 5.74) is 2.81. The van der Waals surface area contributed by atoms with Crippen LogP contribution in [-0.4, -0.2) is 61.8 Å². The number of amides is 1. The minimum atomic E-state index is 0.000588. The molecule has 1 N–H and O–H groups in total. The maximum Gasteiger partial charge on any atom is 0.238 e. The van der Waals surface area contributed by atoms with E-state index in [0.29, 0.717) is 18.3 Å². The molecule has 1 aliphatic heterocycles. The van der Waals surface area contributed by atoms with E-state index in [1.54, 1.807) is 7.11 Å². The van der Waals surface area contributed by atoms with Gasteiger partial charge in [-0.2, -0.15) is 4.98 Å². The van der Waals surface area contributed by atoms with Gasteiger partial charge in [0.15, 0.2) is 0 Å². The first-order chi connectivity index (χ1) is 15.5. The zero-order chi connectivity index (χ0) is 22.5. The summed E-state index contributed by atoms with van der Waals surface area (Å²) in [6.07, 6.45) is 1.77. The second-order valence-corrected chi connectivity index (χ2v) is 8.22. The topological polar surface area (TPSA) is 83.7 Å². The summed E-state index contributed by atoms with van der Waals surface area (Å²) < 4.78 is 10.7. The molecule has 0 spiro atoms. The van der Waals surface area contributed by atoms with E-state index in [1.807, 2.05) is 67.5 Å². The molecule has 0 radical (unpaired) electrons. The van der Waals surface area contributed by atoms with E-state index in [2.05, 4.69) is 20.4 Å². The number of rotatable bonds is 7. The van der Waals surface area contributed by atoms with Gasteiger partial charge in [-0.25, -0.2) is 0 Å². The second kappa shape index (κ2) is 9.82. The number of nitrogens with one attached hydrogen (secondary N) is 1. The van der Waals surface area contributed by atoms with Crippen molar-refractivity contribution in [3.05, 3.63) is 54.4 Å². The Morgan fingerprint density at radius 1 is 1.12 bits per heavy atom. The number of benzene rings is 2. The molecule has 168 valence electrons. The van der Waals surface area contributed by atoms with E-state index in [-0.39, 0.29) is 11.8 Å². The van der Waals surface area contributed by atoms with Gasteiger partial charge in [-0.05, 0) is 74.5 Å². The number of hydrogen-bond acceptors (Lipinski definition) is 7. The molecule has 8 heteroatoms. The Morgan fingerprint density at radius 2 is 1.81 bits per heavy atom. The number of piperidine rings is 1. The molecule has 1 fully saturated rings. The molecule has 2 heterocycles. The Hall–Kier alpha value is -3.39. The summed E-state index contributed by atoms with van der Waals surface area (Å²) in [5, 5.41) is 7.12. The molecule has 0 aliphatic carbocycles. The molecule has 0 unspecified atom stereocenters. The Labute approximate surface area is 188 Å². The Kier molecular flexibility index (Phi) is 6.70. The van der Waals surface area contributed by atoms with Gasteiger partial charge in [-0.3, -0.25) is 9.69 Å². The lowest BCUT2D eigenvalue weighted by Gasteiger charge is -2.29. The highest BCUT2D eigenvalue weighted by Crippen LogP contribution is 2.29. The predicted octanol–water partition coefficient (Wildman–Crippen LogP) is 3.63. The molecule has 1 amide bonds. The molecule has 1 saturated heterocycles. The van der Waals surface area contributed by atoms with E-state index >= 15 is 0 Å². The molecule has 0 bridgehead atoms. The van der Waals surface area contributed by atoms with E-state index in [1.165, 1.54) is 0 Å². The number of hydrogen-bond donors (Lipinski definition) is 1. The maximum absolute atomic E-state index is 12.4. The van der Waals surface area contributed by atoms with Crippen molar-refractivity contribution < 1.29 is 14.1 Å². The molecular formula is C24H29N5O3. The fourth-order valence-corrected chi connectivity index (χ4v) is 3.84. The van der Waals surface area contributed by atoms with Crippen LogP contribution in [0.1, 0.15) is 24.7 Å². The molecular weight excluding hydrogens is 406 g/mol. The van der Waals surface area contributed by atoms with Crippen LogP contribution in [0.5, 0.6) is 5.75 Å². The molecule has 3 aromatic rings. The highest BCUT2D eigenvalue weighted by Gasteiger charge is 2.26. The van der Waals surface area contributed by atoms with Crippen LogP contribution in [0.2, 0.25) is 0 Å². The first-order valence-corrected chi connectivity index (χ1v) is 10.8. The third-order valence-electron chi connectivity index (χ3n) is 5.76. The van der Waals surface area contributed by atoms with Gasteiger partial charge in [0.1, 0.15) is 5.75 Å². The fraction of sp³-hybridized carbons (Fsp3) is 0.375. The van der Waals surface area contributed by atoms with E-state index < -0.39 is 0 Å². The summed E-state index contributed by atoms with van der Waals surface area (Å²) in [7, 11) is 5.62. The lowest BCUT2D eigenvalue weighted by Crippen LogP contribution is -2.38. The summed E-state index contributed by atoms with van der Waals surface area (Å²) >= 11 is 0. The van der Waals surface area contributed by atoms with Crippen molar-refractivity contribution in [2.24, 2.45) is 0 Å². The Balaban J connectivity index is 1.26. The molecule has 1 aliphatic rings. The van der Waals surface area contributed by atoms with Crippen molar-refractivity contribution in [2.45, 2.75) is 18.8 Å². The van der Waals surface area contributed by atoms with Crippen LogP contribution in [0.3, 0.4) is 0 Å². The van der Waals surface area contributed by atoms with Crippen LogP contribution in [0.25, 0.3) is 11.4 Å². The maximum atomic E-state index is 12.4. The zero-order valence-corrected chi connectivity index (χ0v) is 18.7. The number of carbonyl (C=O) groups is 1. The van der Waals surface area contributed by atoms with Crippen molar-refractivity contribution in [1.82, 2.24) is 15.0 Å². The van der Waals surface area contributed by atoms with Crippen LogP contribution < -0.4 is 15.0 Å². The lowest BCUT2D eigenvalue weighted by atomic mass is 9.97. The molecule has 0 saturated carbocycles. The number of ether oxygens (including phenoxy) is 1. The molecule has 8 nitrogen and oxygen atoms in total. The fourth-order valence-electron chi connectivity index (χ4n) is 3.84. The van der Waals surface area contributed by atoms with E-state index in [9.17, 15) is 4.79 Å². The number of likely N-dealkylation sites (tertiary alicyclic amines) is 1. The number of anilines is 2. The average molecular weight is 436 g/mol. The summed E-state index contributed by atoms with van der Waals surface area (Å²) in [4.78, 5) is 21.2. The second-order valence-electron chi connectivity index (χ2n) is 8.22. The van der Waals surface area contributed by atoms with Crippen LogP contribution in [0.4, 0.5) is 11.4 Å².